The molecule has 2 N–H and O–H groups in total. The number of hydrogen-bond donors (Lipinski definition) is 1. The highest BCUT2D eigenvalue weighted by atomic mass is 32.2. The largest absolute Gasteiger partial charge is 0.462 e. The lowest BCUT2D eigenvalue weighted by Gasteiger charge is -2.01. The normalized spacial score (nSPS) is 10.8. The van der Waals surface area contributed by atoms with Crippen molar-refractivity contribution in [2.75, 3.05) is 18.6 Å². The van der Waals surface area contributed by atoms with E-state index < -0.39 is 5.97 Å². The topological polar surface area (TPSA) is 83.0 Å². The van der Waals surface area contributed by atoms with E-state index in [1.807, 2.05) is 6.26 Å². The number of esters is 1. The number of thioether (sulfide) groups is 1. The first kappa shape index (κ1) is 12.7. The van der Waals surface area contributed by atoms with Gasteiger partial charge < -0.3 is 15.0 Å². The van der Waals surface area contributed by atoms with E-state index in [4.69, 9.17) is 10.5 Å². The van der Waals surface area contributed by atoms with Gasteiger partial charge >= 0.3 is 5.97 Å². The summed E-state index contributed by atoms with van der Waals surface area (Å²) in [6, 6.07) is 0. The Balaban J connectivity index is 2.70. The van der Waals surface area contributed by atoms with Crippen molar-refractivity contribution in [3.8, 4) is 0 Å². The van der Waals surface area contributed by atoms with E-state index in [-0.39, 0.29) is 0 Å². The standard InChI is InChI=1S/C11H14N4O2S/c1-4-17-10(16)7-8-6(15(2)9(7)12)5-13-11(14-8)18-3/h5H,4,12H2,1-3H3. The van der Waals surface area contributed by atoms with Crippen molar-refractivity contribution in [1.82, 2.24) is 14.5 Å². The van der Waals surface area contributed by atoms with E-state index in [0.29, 0.717) is 34.2 Å². The zero-order valence-corrected chi connectivity index (χ0v) is 11.2. The first-order valence-electron chi connectivity index (χ1n) is 5.42. The van der Waals surface area contributed by atoms with E-state index in [1.165, 1.54) is 11.8 Å². The van der Waals surface area contributed by atoms with E-state index in [1.54, 1.807) is 24.7 Å². The number of aryl methyl sites for hydroxylation is 1. The average Bonchev–Trinajstić information content (AvgIpc) is 2.62. The molecule has 18 heavy (non-hydrogen) atoms. The third kappa shape index (κ3) is 1.90. The number of carbonyl (C=O) groups excluding carboxylic acids is 1. The van der Waals surface area contributed by atoms with Gasteiger partial charge in [-0.2, -0.15) is 0 Å². The Labute approximate surface area is 109 Å². The summed E-state index contributed by atoms with van der Waals surface area (Å²) in [6.45, 7) is 2.05. The molecule has 0 saturated carbocycles. The quantitative estimate of drug-likeness (QED) is 0.514. The minimum absolute atomic E-state index is 0.301. The monoisotopic (exact) mass is 266 g/mol. The summed E-state index contributed by atoms with van der Waals surface area (Å²) in [7, 11) is 1.77. The van der Waals surface area contributed by atoms with Crippen LogP contribution >= 0.6 is 11.8 Å². The SMILES string of the molecule is CCOC(=O)c1c(N)n(C)c2cnc(SC)nc12. The molecule has 2 aromatic heterocycles. The molecule has 0 saturated heterocycles. The maximum absolute atomic E-state index is 11.9. The number of hydrogen-bond acceptors (Lipinski definition) is 6. The highest BCUT2D eigenvalue weighted by molar-refractivity contribution is 7.98. The van der Waals surface area contributed by atoms with Crippen molar-refractivity contribution < 1.29 is 9.53 Å². The van der Waals surface area contributed by atoms with Gasteiger partial charge in [0.25, 0.3) is 0 Å². The van der Waals surface area contributed by atoms with Crippen LogP contribution in [0.5, 0.6) is 0 Å². The first-order chi connectivity index (χ1) is 8.60. The average molecular weight is 266 g/mol. The molecule has 0 spiro atoms. The van der Waals surface area contributed by atoms with E-state index in [2.05, 4.69) is 9.97 Å². The van der Waals surface area contributed by atoms with Crippen LogP contribution in [0.1, 0.15) is 17.3 Å². The van der Waals surface area contributed by atoms with Crippen LogP contribution in [0.4, 0.5) is 5.82 Å². The number of nitrogen functional groups attached to an aromatic ring is 1. The van der Waals surface area contributed by atoms with Crippen molar-refractivity contribution in [1.29, 1.82) is 0 Å². The molecule has 2 heterocycles. The van der Waals surface area contributed by atoms with Crippen molar-refractivity contribution in [2.45, 2.75) is 12.1 Å². The molecular weight excluding hydrogens is 252 g/mol. The van der Waals surface area contributed by atoms with Gasteiger partial charge in [0, 0.05) is 7.05 Å². The lowest BCUT2D eigenvalue weighted by Crippen LogP contribution is -2.08. The number of rotatable bonds is 3. The molecule has 0 fully saturated rings. The molecule has 0 aromatic carbocycles. The van der Waals surface area contributed by atoms with Crippen LogP contribution in [0.15, 0.2) is 11.4 Å². The Hall–Kier alpha value is -1.76. The number of anilines is 1. The molecule has 0 atom stereocenters. The zero-order valence-electron chi connectivity index (χ0n) is 10.4. The Morgan fingerprint density at radius 3 is 2.94 bits per heavy atom. The summed E-state index contributed by atoms with van der Waals surface area (Å²) in [5, 5.41) is 0.596. The van der Waals surface area contributed by atoms with Crippen LogP contribution in [0.3, 0.4) is 0 Å². The molecule has 2 aromatic rings. The minimum atomic E-state index is -0.452. The fourth-order valence-corrected chi connectivity index (χ4v) is 2.05. The van der Waals surface area contributed by atoms with Crippen LogP contribution in [-0.4, -0.2) is 33.4 Å². The van der Waals surface area contributed by atoms with Gasteiger partial charge in [0.1, 0.15) is 16.9 Å². The van der Waals surface area contributed by atoms with E-state index in [9.17, 15) is 4.79 Å². The molecule has 2 rings (SSSR count). The lowest BCUT2D eigenvalue weighted by atomic mass is 10.2. The Kier molecular flexibility index (Phi) is 3.42. The van der Waals surface area contributed by atoms with Crippen LogP contribution < -0.4 is 5.73 Å². The fraction of sp³-hybridized carbons (Fsp3) is 0.364. The number of ether oxygens (including phenoxy) is 1. The molecule has 6 nitrogen and oxygen atoms in total. The molecule has 7 heteroatoms. The second-order valence-electron chi connectivity index (χ2n) is 3.63. The van der Waals surface area contributed by atoms with Crippen molar-refractivity contribution >= 4 is 34.6 Å². The van der Waals surface area contributed by atoms with Gasteiger partial charge in [-0.05, 0) is 13.2 Å². The molecule has 0 unspecified atom stereocenters. The maximum atomic E-state index is 11.9. The first-order valence-corrected chi connectivity index (χ1v) is 6.64. The molecule has 0 aliphatic heterocycles. The summed E-state index contributed by atoms with van der Waals surface area (Å²) >= 11 is 1.41. The molecule has 0 radical (unpaired) electrons. The van der Waals surface area contributed by atoms with Crippen molar-refractivity contribution in [3.63, 3.8) is 0 Å². The second-order valence-corrected chi connectivity index (χ2v) is 4.40. The summed E-state index contributed by atoms with van der Waals surface area (Å²) in [6.07, 6.45) is 3.53. The van der Waals surface area contributed by atoms with E-state index in [0.717, 1.165) is 0 Å². The van der Waals surface area contributed by atoms with Gasteiger partial charge in [-0.15, -0.1) is 0 Å². The smallest absolute Gasteiger partial charge is 0.344 e. The van der Waals surface area contributed by atoms with Gasteiger partial charge in [-0.3, -0.25) is 0 Å². The van der Waals surface area contributed by atoms with Crippen molar-refractivity contribution in [2.24, 2.45) is 7.05 Å². The summed E-state index contributed by atoms with van der Waals surface area (Å²) in [5.74, 6) is -0.109. The van der Waals surface area contributed by atoms with Gasteiger partial charge in [0.15, 0.2) is 5.16 Å². The number of carbonyl (C=O) groups is 1. The van der Waals surface area contributed by atoms with Gasteiger partial charge in [-0.25, -0.2) is 14.8 Å². The summed E-state index contributed by atoms with van der Waals surface area (Å²) in [5.41, 5.74) is 7.49. The van der Waals surface area contributed by atoms with Crippen LogP contribution in [0.2, 0.25) is 0 Å². The Morgan fingerprint density at radius 2 is 2.33 bits per heavy atom. The Bertz CT molecular complexity index is 609. The van der Waals surface area contributed by atoms with Crippen LogP contribution in [-0.2, 0) is 11.8 Å². The third-order valence-corrected chi connectivity index (χ3v) is 3.19. The van der Waals surface area contributed by atoms with Crippen LogP contribution in [0, 0.1) is 0 Å². The zero-order chi connectivity index (χ0) is 13.3. The van der Waals surface area contributed by atoms with Gasteiger partial charge in [-0.1, -0.05) is 11.8 Å². The predicted molar refractivity (Wildman–Crippen MR) is 70.7 cm³/mol. The lowest BCUT2D eigenvalue weighted by molar-refractivity contribution is 0.0529. The molecule has 96 valence electrons. The molecule has 0 amide bonds. The maximum Gasteiger partial charge on any atom is 0.344 e. The fourth-order valence-electron chi connectivity index (χ4n) is 1.71. The van der Waals surface area contributed by atoms with Gasteiger partial charge in [0.2, 0.25) is 0 Å². The highest BCUT2D eigenvalue weighted by Gasteiger charge is 2.22. The third-order valence-electron chi connectivity index (χ3n) is 2.63. The summed E-state index contributed by atoms with van der Waals surface area (Å²) < 4.78 is 6.69. The number of aromatic nitrogens is 3. The molecule has 0 aliphatic rings. The second kappa shape index (κ2) is 4.85. The van der Waals surface area contributed by atoms with Crippen LogP contribution in [0.25, 0.3) is 11.0 Å². The molecular formula is C11H14N4O2S. The highest BCUT2D eigenvalue weighted by Crippen LogP contribution is 2.27. The number of nitrogens with zero attached hydrogens (tertiary/aromatic N) is 3. The molecule has 0 aliphatic carbocycles. The van der Waals surface area contributed by atoms with E-state index >= 15 is 0 Å². The van der Waals surface area contributed by atoms with Gasteiger partial charge in [0.05, 0.1) is 18.3 Å². The number of fused-ring (bicyclic) bond motifs is 1. The molecule has 0 bridgehead atoms. The summed E-state index contributed by atoms with van der Waals surface area (Å²) in [4.78, 5) is 20.4. The Morgan fingerprint density at radius 1 is 1.61 bits per heavy atom. The number of nitrogens with two attached hydrogens (primary N) is 1. The predicted octanol–water partition coefficient (Wildman–Crippen LogP) is 1.45. The minimum Gasteiger partial charge on any atom is -0.462 e. The van der Waals surface area contributed by atoms with Crippen molar-refractivity contribution in [3.05, 3.63) is 11.8 Å².